The maximum absolute atomic E-state index is 14.1. The molecule has 0 aliphatic carbocycles. The average molecular weight is 532 g/mol. The molecule has 5 nitrogen and oxygen atoms in total. The highest BCUT2D eigenvalue weighted by atomic mass is 16.2. The van der Waals surface area contributed by atoms with Crippen LogP contribution in [-0.2, 0) is 0 Å². The van der Waals surface area contributed by atoms with Crippen molar-refractivity contribution in [2.75, 3.05) is 4.90 Å². The van der Waals surface area contributed by atoms with E-state index in [0.29, 0.717) is 28.1 Å². The van der Waals surface area contributed by atoms with Gasteiger partial charge in [-0.1, -0.05) is 60.2 Å². The summed E-state index contributed by atoms with van der Waals surface area (Å²) in [4.78, 5) is 29.3. The summed E-state index contributed by atoms with van der Waals surface area (Å²) in [6, 6.07) is 33.6. The van der Waals surface area contributed by atoms with Crippen LogP contribution in [0.5, 0.6) is 0 Å². The number of rotatable bonds is 3. The Labute approximate surface area is 237 Å². The number of fused-ring (bicyclic) bond motifs is 4. The molecule has 0 bridgehead atoms. The second-order valence-corrected chi connectivity index (χ2v) is 10.7. The van der Waals surface area contributed by atoms with Crippen LogP contribution >= 0.6 is 0 Å². The van der Waals surface area contributed by atoms with Crippen LogP contribution < -0.4 is 4.90 Å². The van der Waals surface area contributed by atoms with Gasteiger partial charge in [0.25, 0.3) is 11.8 Å². The molecule has 1 aromatic heterocycles. The smallest absolute Gasteiger partial charge is 0.268 e. The molecule has 0 radical (unpaired) electrons. The van der Waals surface area contributed by atoms with E-state index in [1.54, 1.807) is 6.07 Å². The van der Waals surface area contributed by atoms with Gasteiger partial charge in [0.05, 0.1) is 45.2 Å². The summed E-state index contributed by atoms with van der Waals surface area (Å²) in [5, 5.41) is 11.3. The number of nitrogens with zero attached hydrogens (tertiary/aromatic N) is 3. The van der Waals surface area contributed by atoms with E-state index in [1.165, 1.54) is 4.90 Å². The van der Waals surface area contributed by atoms with E-state index in [2.05, 4.69) is 34.9 Å². The first kappa shape index (κ1) is 24.6. The van der Waals surface area contributed by atoms with Gasteiger partial charge in [-0.15, -0.1) is 0 Å². The van der Waals surface area contributed by atoms with Crippen LogP contribution in [0.15, 0.2) is 97.1 Å². The largest absolute Gasteiger partial charge is 0.308 e. The molecule has 1 aliphatic rings. The van der Waals surface area contributed by atoms with Gasteiger partial charge in [-0.05, 0) is 85.5 Å². The summed E-state index contributed by atoms with van der Waals surface area (Å²) in [5.41, 5.74) is 9.60. The lowest BCUT2D eigenvalue weighted by Gasteiger charge is -2.20. The lowest BCUT2D eigenvalue weighted by Crippen LogP contribution is -2.31. The highest BCUT2D eigenvalue weighted by Gasteiger charge is 2.40. The molecule has 0 N–H and O–H groups in total. The molecule has 0 spiro atoms. The molecule has 2 heterocycles. The third-order valence-corrected chi connectivity index (χ3v) is 8.01. The maximum atomic E-state index is 14.1. The molecule has 6 aromatic rings. The van der Waals surface area contributed by atoms with Crippen LogP contribution in [0.3, 0.4) is 0 Å². The number of anilines is 1. The van der Waals surface area contributed by atoms with Crippen LogP contribution in [0, 0.1) is 32.1 Å². The lowest BCUT2D eigenvalue weighted by atomic mass is 10.0. The Morgan fingerprint density at radius 3 is 2.07 bits per heavy atom. The molecule has 5 aromatic carbocycles. The quantitative estimate of drug-likeness (QED) is 0.217. The van der Waals surface area contributed by atoms with E-state index in [9.17, 15) is 14.9 Å². The highest BCUT2D eigenvalue weighted by molar-refractivity contribution is 6.36. The molecular weight excluding hydrogens is 506 g/mol. The number of nitriles is 1. The highest BCUT2D eigenvalue weighted by Crippen LogP contribution is 2.40. The number of para-hydroxylation sites is 1. The number of aromatic nitrogens is 1. The Hall–Kier alpha value is -5.47. The number of carbonyl (C=O) groups is 2. The summed E-state index contributed by atoms with van der Waals surface area (Å²) in [6.07, 6.45) is 0. The minimum absolute atomic E-state index is 0.300. The van der Waals surface area contributed by atoms with Gasteiger partial charge in [0.15, 0.2) is 0 Å². The van der Waals surface area contributed by atoms with Gasteiger partial charge in [0.2, 0.25) is 0 Å². The third-order valence-electron chi connectivity index (χ3n) is 8.01. The SMILES string of the molecule is Cc1cc(C)c(N2C(=O)c3cccc(-n4c5ccccc5c5cc(-c6ccc(C#N)cc6)ccc54)c3C2=O)c(C)c1. The van der Waals surface area contributed by atoms with Crippen molar-refractivity contribution in [3.05, 3.63) is 130 Å². The standard InChI is InChI=1S/C36H25N3O2/c1-21-17-22(2)34(23(3)18-21)39-35(40)28-8-6-10-32(33(28)36(39)41)38-30-9-5-4-7-27(30)29-19-26(15-16-31(29)38)25-13-11-24(20-37)12-14-25/h4-19H,1-3H3. The topological polar surface area (TPSA) is 66.1 Å². The van der Waals surface area contributed by atoms with E-state index < -0.39 is 0 Å². The fourth-order valence-corrected chi connectivity index (χ4v) is 6.33. The van der Waals surface area contributed by atoms with Crippen molar-refractivity contribution < 1.29 is 9.59 Å². The second kappa shape index (κ2) is 9.04. The molecule has 0 fully saturated rings. The zero-order valence-corrected chi connectivity index (χ0v) is 22.9. The van der Waals surface area contributed by atoms with Crippen LogP contribution in [0.1, 0.15) is 43.0 Å². The first-order chi connectivity index (χ1) is 19.9. The van der Waals surface area contributed by atoms with E-state index in [0.717, 1.165) is 49.6 Å². The van der Waals surface area contributed by atoms with Crippen molar-refractivity contribution in [2.24, 2.45) is 0 Å². The molecule has 1 aliphatic heterocycles. The van der Waals surface area contributed by atoms with E-state index in [-0.39, 0.29) is 11.8 Å². The van der Waals surface area contributed by atoms with Gasteiger partial charge in [0.1, 0.15) is 0 Å². The van der Waals surface area contributed by atoms with Gasteiger partial charge >= 0.3 is 0 Å². The maximum Gasteiger partial charge on any atom is 0.268 e. The van der Waals surface area contributed by atoms with Gasteiger partial charge in [0, 0.05) is 10.8 Å². The summed E-state index contributed by atoms with van der Waals surface area (Å²) >= 11 is 0. The molecule has 0 atom stereocenters. The zero-order chi connectivity index (χ0) is 28.4. The van der Waals surface area contributed by atoms with Crippen LogP contribution in [0.4, 0.5) is 5.69 Å². The first-order valence-corrected chi connectivity index (χ1v) is 13.5. The number of benzene rings is 5. The Morgan fingerprint density at radius 1 is 0.659 bits per heavy atom. The van der Waals surface area contributed by atoms with Crippen molar-refractivity contribution in [1.82, 2.24) is 4.57 Å². The minimum atomic E-state index is -0.309. The molecule has 41 heavy (non-hydrogen) atoms. The van der Waals surface area contributed by atoms with Gasteiger partial charge in [-0.25, -0.2) is 4.90 Å². The molecule has 0 saturated heterocycles. The summed E-state index contributed by atoms with van der Waals surface area (Å²) in [6.45, 7) is 5.90. The lowest BCUT2D eigenvalue weighted by molar-refractivity contribution is 0.0925. The number of aryl methyl sites for hydroxylation is 3. The van der Waals surface area contributed by atoms with Crippen molar-refractivity contribution in [1.29, 1.82) is 5.26 Å². The molecular formula is C36H25N3O2. The van der Waals surface area contributed by atoms with E-state index in [1.807, 2.05) is 87.5 Å². The molecule has 2 amide bonds. The van der Waals surface area contributed by atoms with Crippen molar-refractivity contribution >= 4 is 39.3 Å². The zero-order valence-electron chi connectivity index (χ0n) is 22.9. The number of carbonyl (C=O) groups excluding carboxylic acids is 2. The number of amides is 2. The number of hydrogen-bond donors (Lipinski definition) is 0. The second-order valence-electron chi connectivity index (χ2n) is 10.7. The number of imide groups is 1. The fourth-order valence-electron chi connectivity index (χ4n) is 6.33. The average Bonchev–Trinajstić information content (AvgIpc) is 3.44. The molecule has 196 valence electrons. The predicted molar refractivity (Wildman–Crippen MR) is 163 cm³/mol. The van der Waals surface area contributed by atoms with Gasteiger partial charge in [-0.2, -0.15) is 5.26 Å². The third kappa shape index (κ3) is 3.62. The predicted octanol–water partition coefficient (Wildman–Crippen LogP) is 8.05. The van der Waals surface area contributed by atoms with Crippen molar-refractivity contribution in [2.45, 2.75) is 20.8 Å². The Kier molecular flexibility index (Phi) is 5.42. The minimum Gasteiger partial charge on any atom is -0.308 e. The first-order valence-electron chi connectivity index (χ1n) is 13.5. The van der Waals surface area contributed by atoms with Gasteiger partial charge < -0.3 is 4.57 Å². The Balaban J connectivity index is 1.44. The van der Waals surface area contributed by atoms with Crippen molar-refractivity contribution in [3.63, 3.8) is 0 Å². The molecule has 0 unspecified atom stereocenters. The summed E-state index contributed by atoms with van der Waals surface area (Å²) in [5.74, 6) is -0.610. The Bertz CT molecular complexity index is 2100. The van der Waals surface area contributed by atoms with Gasteiger partial charge in [-0.3, -0.25) is 9.59 Å². The molecule has 5 heteroatoms. The Morgan fingerprint density at radius 2 is 1.34 bits per heavy atom. The van der Waals surface area contributed by atoms with Crippen molar-refractivity contribution in [3.8, 4) is 22.9 Å². The van der Waals surface area contributed by atoms with Crippen LogP contribution in [0.2, 0.25) is 0 Å². The van der Waals surface area contributed by atoms with Crippen LogP contribution in [0.25, 0.3) is 38.6 Å². The summed E-state index contributed by atoms with van der Waals surface area (Å²) < 4.78 is 2.09. The summed E-state index contributed by atoms with van der Waals surface area (Å²) in [7, 11) is 0. The monoisotopic (exact) mass is 531 g/mol. The van der Waals surface area contributed by atoms with E-state index in [4.69, 9.17) is 0 Å². The molecule has 7 rings (SSSR count). The van der Waals surface area contributed by atoms with E-state index >= 15 is 0 Å². The fraction of sp³-hybridized carbons (Fsp3) is 0.0833. The normalized spacial score (nSPS) is 12.8. The van der Waals surface area contributed by atoms with Crippen LogP contribution in [-0.4, -0.2) is 16.4 Å². The number of hydrogen-bond acceptors (Lipinski definition) is 3. The molecule has 0 saturated carbocycles.